The predicted molar refractivity (Wildman–Crippen MR) is 89.4 cm³/mol. The summed E-state index contributed by atoms with van der Waals surface area (Å²) in [5.41, 5.74) is 3.97. The average Bonchev–Trinajstić information content (AvgIpc) is 2.27. The Morgan fingerprint density at radius 3 is 2.28 bits per heavy atom. The van der Waals surface area contributed by atoms with E-state index in [9.17, 15) is 0 Å². The second-order valence-electron chi connectivity index (χ2n) is 3.89. The van der Waals surface area contributed by atoms with Gasteiger partial charge in [-0.3, -0.25) is 0 Å². The molecule has 0 radical (unpaired) electrons. The van der Waals surface area contributed by atoms with Crippen LogP contribution in [0.1, 0.15) is 19.5 Å². The number of halogens is 1. The Bertz CT molecular complexity index is 496. The number of benzene rings is 2. The van der Waals surface area contributed by atoms with E-state index in [0.717, 1.165) is 12.2 Å². The fourth-order valence-corrected chi connectivity index (χ4v) is 1.85. The van der Waals surface area contributed by atoms with Crippen LogP contribution in [0.3, 0.4) is 0 Å². The third-order valence-electron chi connectivity index (χ3n) is 2.76. The molecule has 2 aliphatic carbocycles. The average molecular weight is 337 g/mol. The molecule has 18 heavy (non-hydrogen) atoms. The zero-order valence-corrected chi connectivity index (χ0v) is 14.8. The molecule has 0 amide bonds. The van der Waals surface area contributed by atoms with Crippen molar-refractivity contribution in [2.24, 2.45) is 0 Å². The van der Waals surface area contributed by atoms with E-state index in [1.165, 1.54) is 16.7 Å². The molecule has 1 nitrogen and oxygen atoms in total. The molecule has 1 atom stereocenters. The largest absolute Gasteiger partial charge is 2.00 e. The molecule has 2 aromatic rings. The number of fused-ring (bicyclic) bond motifs is 2. The number of ether oxygens (including phenoxy) is 1. The summed E-state index contributed by atoms with van der Waals surface area (Å²) in [6.07, 6.45) is 1.08. The second-order valence-corrected chi connectivity index (χ2v) is 3.89. The van der Waals surface area contributed by atoms with Crippen LogP contribution in [0.2, 0.25) is 0 Å². The minimum atomic E-state index is 0. The maximum atomic E-state index is 5.77. The molecule has 0 saturated heterocycles. The van der Waals surface area contributed by atoms with Crippen LogP contribution in [0.25, 0.3) is 0 Å². The van der Waals surface area contributed by atoms with Crippen LogP contribution >= 0.6 is 26.9 Å². The van der Waals surface area contributed by atoms with Crippen LogP contribution in [-0.2, 0) is 13.0 Å². The van der Waals surface area contributed by atoms with Gasteiger partial charge in [0.25, 0.3) is 0 Å². The molecule has 0 N–H and O–H groups in total. The van der Waals surface area contributed by atoms with Gasteiger partial charge in [-0.1, -0.05) is 42.5 Å². The van der Waals surface area contributed by atoms with Crippen molar-refractivity contribution >= 4 is 49.9 Å². The Morgan fingerprint density at radius 2 is 1.72 bits per heavy atom. The topological polar surface area (TPSA) is 9.23 Å². The van der Waals surface area contributed by atoms with E-state index in [-0.39, 0.29) is 52.8 Å². The zero-order valence-electron chi connectivity index (χ0n) is 12.3. The number of rotatable bonds is 3. The molecule has 0 aliphatic heterocycles. The Kier molecular flexibility index (Phi) is 8.12. The van der Waals surface area contributed by atoms with Gasteiger partial charge in [0, 0.05) is 6.42 Å². The summed E-state index contributed by atoms with van der Waals surface area (Å²) >= 11 is 0. The SMILES string of the molecule is Br.P.[H-].[H-].[Mg+2].c1ccc(COc2ccc3cc2C3)cc1. The first-order valence-electron chi connectivity index (χ1n) is 5.20. The Morgan fingerprint density at radius 1 is 1.06 bits per heavy atom. The fourth-order valence-electron chi connectivity index (χ4n) is 1.85. The monoisotopic (exact) mass is 336 g/mol. The summed E-state index contributed by atoms with van der Waals surface area (Å²) in [7, 11) is 0. The molecule has 1 unspecified atom stereocenters. The Balaban J connectivity index is -0.000000578. The third-order valence-corrected chi connectivity index (χ3v) is 2.76. The molecule has 94 valence electrons. The van der Waals surface area contributed by atoms with Gasteiger partial charge in [-0.2, -0.15) is 9.90 Å². The van der Waals surface area contributed by atoms with Gasteiger partial charge in [0.05, 0.1) is 0 Å². The van der Waals surface area contributed by atoms with Crippen molar-refractivity contribution in [3.8, 4) is 5.75 Å². The second kappa shape index (κ2) is 8.16. The normalized spacial score (nSPS) is 10.0. The van der Waals surface area contributed by atoms with Gasteiger partial charge in [-0.15, -0.1) is 17.0 Å². The first-order valence-corrected chi connectivity index (χ1v) is 5.20. The maximum Gasteiger partial charge on any atom is 2.00 e. The molecule has 4 heteroatoms. The van der Waals surface area contributed by atoms with E-state index in [2.05, 4.69) is 30.3 Å². The molecular weight excluding hydrogens is 319 g/mol. The number of hydrogen-bond acceptors (Lipinski definition) is 1. The van der Waals surface area contributed by atoms with Gasteiger partial charge in [0.2, 0.25) is 0 Å². The third kappa shape index (κ3) is 3.96. The zero-order chi connectivity index (χ0) is 10.1. The van der Waals surface area contributed by atoms with Crippen molar-refractivity contribution in [3.63, 3.8) is 0 Å². The van der Waals surface area contributed by atoms with E-state index in [4.69, 9.17) is 4.74 Å². The Labute approximate surface area is 141 Å². The van der Waals surface area contributed by atoms with Gasteiger partial charge < -0.3 is 7.59 Å². The first-order chi connectivity index (χ1) is 7.42. The van der Waals surface area contributed by atoms with Crippen LogP contribution < -0.4 is 4.74 Å². The van der Waals surface area contributed by atoms with E-state index >= 15 is 0 Å². The standard InChI is InChI=1S/C14H12O.BrH.Mg.H3P.2H/c1-2-4-11(5-3-1)10-15-14-7-6-12-8-13(14)9-12;;;;;/h1-8H,9-10H2;1H;;1H3;;/q;;+2;;2*-1. The Hall–Kier alpha value is -0.0838. The van der Waals surface area contributed by atoms with Gasteiger partial charge in [0.15, 0.2) is 0 Å². The molecular formula is C14H18BrMgOP. The van der Waals surface area contributed by atoms with Gasteiger partial charge in [-0.25, -0.2) is 0 Å². The summed E-state index contributed by atoms with van der Waals surface area (Å²) in [6.45, 7) is 0.660. The van der Waals surface area contributed by atoms with Gasteiger partial charge in [0.1, 0.15) is 12.4 Å². The van der Waals surface area contributed by atoms with Gasteiger partial charge >= 0.3 is 23.1 Å². The molecule has 2 aromatic carbocycles. The van der Waals surface area contributed by atoms with Crippen LogP contribution in [0.15, 0.2) is 48.5 Å². The summed E-state index contributed by atoms with van der Waals surface area (Å²) < 4.78 is 5.77. The smallest absolute Gasteiger partial charge is 1.00 e. The van der Waals surface area contributed by atoms with E-state index < -0.39 is 0 Å². The van der Waals surface area contributed by atoms with Crippen molar-refractivity contribution < 1.29 is 7.59 Å². The fraction of sp³-hybridized carbons (Fsp3) is 0.143. The molecule has 0 heterocycles. The van der Waals surface area contributed by atoms with Crippen molar-refractivity contribution in [2.45, 2.75) is 13.0 Å². The maximum absolute atomic E-state index is 5.77. The molecule has 4 rings (SSSR count). The van der Waals surface area contributed by atoms with Crippen LogP contribution in [0.4, 0.5) is 0 Å². The summed E-state index contributed by atoms with van der Waals surface area (Å²) in [6, 6.07) is 16.7. The van der Waals surface area contributed by atoms with E-state index in [1.807, 2.05) is 18.2 Å². The predicted octanol–water partition coefficient (Wildman–Crippen LogP) is 3.65. The minimum absolute atomic E-state index is 0. The molecule has 0 fully saturated rings. The molecule has 0 saturated carbocycles. The minimum Gasteiger partial charge on any atom is -1.00 e. The summed E-state index contributed by atoms with van der Waals surface area (Å²) in [5, 5.41) is 0. The number of hydrogen-bond donors (Lipinski definition) is 0. The molecule has 2 aliphatic rings. The van der Waals surface area contributed by atoms with Crippen molar-refractivity contribution in [2.75, 3.05) is 0 Å². The molecule has 0 aromatic heterocycles. The van der Waals surface area contributed by atoms with Crippen LogP contribution in [0, 0.1) is 0 Å². The first kappa shape index (κ1) is 17.9. The molecule has 2 bridgehead atoms. The molecule has 0 spiro atoms. The van der Waals surface area contributed by atoms with Gasteiger partial charge in [-0.05, 0) is 22.8 Å². The van der Waals surface area contributed by atoms with Crippen molar-refractivity contribution in [1.29, 1.82) is 0 Å². The van der Waals surface area contributed by atoms with Crippen molar-refractivity contribution in [3.05, 3.63) is 65.2 Å². The van der Waals surface area contributed by atoms with Crippen LogP contribution in [-0.4, -0.2) is 23.1 Å². The van der Waals surface area contributed by atoms with Crippen LogP contribution in [0.5, 0.6) is 5.75 Å². The van der Waals surface area contributed by atoms with E-state index in [1.54, 1.807) is 0 Å². The van der Waals surface area contributed by atoms with Crippen molar-refractivity contribution in [1.82, 2.24) is 0 Å². The summed E-state index contributed by atoms with van der Waals surface area (Å²) in [5.74, 6) is 1.04. The quantitative estimate of drug-likeness (QED) is 0.524. The summed E-state index contributed by atoms with van der Waals surface area (Å²) in [4.78, 5) is 0. The van der Waals surface area contributed by atoms with E-state index in [0.29, 0.717) is 6.61 Å².